The smallest absolute Gasteiger partial charge is 0.307 e. The summed E-state index contributed by atoms with van der Waals surface area (Å²) >= 11 is 11.8. The van der Waals surface area contributed by atoms with Gasteiger partial charge in [-0.3, -0.25) is 4.79 Å². The zero-order chi connectivity index (χ0) is 12.1. The van der Waals surface area contributed by atoms with Crippen LogP contribution < -0.4 is 5.32 Å². The van der Waals surface area contributed by atoms with Crippen LogP contribution in [0.15, 0.2) is 18.2 Å². The average Bonchev–Trinajstić information content (AvgIpc) is 2.24. The topological polar surface area (TPSA) is 38.3 Å². The predicted molar refractivity (Wildman–Crippen MR) is 64.9 cm³/mol. The normalized spacial score (nSPS) is 12.2. The van der Waals surface area contributed by atoms with Crippen LogP contribution in [0, 0.1) is 0 Å². The molecule has 1 aromatic carbocycles. The molecule has 16 heavy (non-hydrogen) atoms. The van der Waals surface area contributed by atoms with Crippen molar-refractivity contribution in [2.24, 2.45) is 0 Å². The fourth-order valence-corrected chi connectivity index (χ4v) is 1.96. The molecule has 0 saturated heterocycles. The van der Waals surface area contributed by atoms with E-state index in [1.54, 1.807) is 25.2 Å². The lowest BCUT2D eigenvalue weighted by Crippen LogP contribution is -2.20. The van der Waals surface area contributed by atoms with E-state index in [0.717, 1.165) is 5.56 Å². The van der Waals surface area contributed by atoms with Gasteiger partial charge < -0.3 is 10.1 Å². The highest BCUT2D eigenvalue weighted by atomic mass is 35.5. The molecule has 0 saturated carbocycles. The van der Waals surface area contributed by atoms with E-state index in [-0.39, 0.29) is 18.4 Å². The Morgan fingerprint density at radius 2 is 1.94 bits per heavy atom. The molecule has 0 unspecified atom stereocenters. The van der Waals surface area contributed by atoms with Gasteiger partial charge in [-0.2, -0.15) is 0 Å². The fraction of sp³-hybridized carbons (Fsp3) is 0.364. The SMILES string of the molecule is CN[C@@H](CC(=O)OC)c1cc(Cl)cc(Cl)c1. The first-order chi connectivity index (χ1) is 7.56. The molecule has 88 valence electrons. The van der Waals surface area contributed by atoms with Crippen LogP contribution in [-0.4, -0.2) is 20.1 Å². The minimum Gasteiger partial charge on any atom is -0.469 e. The minimum absolute atomic E-state index is 0.149. The van der Waals surface area contributed by atoms with Crippen molar-refractivity contribution in [2.75, 3.05) is 14.2 Å². The van der Waals surface area contributed by atoms with Crippen molar-refractivity contribution in [1.82, 2.24) is 5.32 Å². The van der Waals surface area contributed by atoms with E-state index in [9.17, 15) is 4.79 Å². The highest BCUT2D eigenvalue weighted by molar-refractivity contribution is 6.34. The number of rotatable bonds is 4. The molecule has 1 aromatic rings. The number of esters is 1. The standard InChI is InChI=1S/C11H13Cl2NO2/c1-14-10(6-11(15)16-2)7-3-8(12)5-9(13)4-7/h3-5,10,14H,6H2,1-2H3/t10-/m0/s1. The monoisotopic (exact) mass is 261 g/mol. The van der Waals surface area contributed by atoms with Gasteiger partial charge in [0, 0.05) is 16.1 Å². The van der Waals surface area contributed by atoms with Crippen LogP contribution in [0.3, 0.4) is 0 Å². The second-order valence-corrected chi connectivity index (χ2v) is 4.20. The molecule has 0 aliphatic heterocycles. The van der Waals surface area contributed by atoms with Crippen LogP contribution in [0.4, 0.5) is 0 Å². The van der Waals surface area contributed by atoms with E-state index in [2.05, 4.69) is 10.1 Å². The van der Waals surface area contributed by atoms with E-state index in [4.69, 9.17) is 23.2 Å². The number of methoxy groups -OCH3 is 1. The Morgan fingerprint density at radius 3 is 2.38 bits per heavy atom. The second kappa shape index (κ2) is 6.09. The Labute approximate surface area is 105 Å². The molecule has 0 aliphatic rings. The molecule has 0 aromatic heterocycles. The van der Waals surface area contributed by atoms with Crippen molar-refractivity contribution in [3.05, 3.63) is 33.8 Å². The number of hydrogen-bond donors (Lipinski definition) is 1. The van der Waals surface area contributed by atoms with Crippen LogP contribution >= 0.6 is 23.2 Å². The van der Waals surface area contributed by atoms with E-state index in [1.165, 1.54) is 7.11 Å². The van der Waals surface area contributed by atoms with Crippen molar-refractivity contribution in [3.63, 3.8) is 0 Å². The van der Waals surface area contributed by atoms with E-state index < -0.39 is 0 Å². The maximum absolute atomic E-state index is 11.2. The van der Waals surface area contributed by atoms with Gasteiger partial charge in [0.25, 0.3) is 0 Å². The molecule has 5 heteroatoms. The molecule has 0 aliphatic carbocycles. The van der Waals surface area contributed by atoms with Crippen molar-refractivity contribution >= 4 is 29.2 Å². The van der Waals surface area contributed by atoms with Crippen LogP contribution in [0.25, 0.3) is 0 Å². The van der Waals surface area contributed by atoms with Crippen LogP contribution in [0.2, 0.25) is 10.0 Å². The van der Waals surface area contributed by atoms with Gasteiger partial charge in [-0.25, -0.2) is 0 Å². The zero-order valence-corrected chi connectivity index (χ0v) is 10.6. The van der Waals surface area contributed by atoms with Crippen molar-refractivity contribution < 1.29 is 9.53 Å². The number of hydrogen-bond acceptors (Lipinski definition) is 3. The zero-order valence-electron chi connectivity index (χ0n) is 9.09. The summed E-state index contributed by atoms with van der Waals surface area (Å²) in [6.45, 7) is 0. The molecule has 0 radical (unpaired) electrons. The van der Waals surface area contributed by atoms with Crippen LogP contribution in [0.5, 0.6) is 0 Å². The molecule has 0 amide bonds. The number of benzene rings is 1. The van der Waals surface area contributed by atoms with Gasteiger partial charge in [-0.1, -0.05) is 23.2 Å². The van der Waals surface area contributed by atoms with E-state index in [1.807, 2.05) is 0 Å². The minimum atomic E-state index is -0.282. The van der Waals surface area contributed by atoms with Gasteiger partial charge in [0.1, 0.15) is 0 Å². The molecule has 0 spiro atoms. The summed E-state index contributed by atoms with van der Waals surface area (Å²) in [5, 5.41) is 4.12. The number of carbonyl (C=O) groups is 1. The van der Waals surface area contributed by atoms with Crippen molar-refractivity contribution in [1.29, 1.82) is 0 Å². The summed E-state index contributed by atoms with van der Waals surface area (Å²) in [6.07, 6.45) is 0.240. The quantitative estimate of drug-likeness (QED) is 0.848. The predicted octanol–water partition coefficient (Wildman–Crippen LogP) is 2.82. The van der Waals surface area contributed by atoms with Crippen LogP contribution in [0.1, 0.15) is 18.0 Å². The third-order valence-corrected chi connectivity index (χ3v) is 2.67. The van der Waals surface area contributed by atoms with Gasteiger partial charge in [-0.15, -0.1) is 0 Å². The Morgan fingerprint density at radius 1 is 1.38 bits per heavy atom. The average molecular weight is 262 g/mol. The number of nitrogens with one attached hydrogen (secondary N) is 1. The molecule has 0 heterocycles. The van der Waals surface area contributed by atoms with Crippen molar-refractivity contribution in [3.8, 4) is 0 Å². The number of halogens is 2. The molecule has 0 bridgehead atoms. The molecular weight excluding hydrogens is 249 g/mol. The second-order valence-electron chi connectivity index (χ2n) is 3.32. The summed E-state index contributed by atoms with van der Waals surface area (Å²) in [5.74, 6) is -0.282. The molecule has 1 atom stereocenters. The molecule has 3 nitrogen and oxygen atoms in total. The summed E-state index contributed by atoms with van der Waals surface area (Å²) in [6, 6.07) is 5.05. The van der Waals surface area contributed by atoms with Crippen LogP contribution in [-0.2, 0) is 9.53 Å². The summed E-state index contributed by atoms with van der Waals surface area (Å²) in [4.78, 5) is 11.2. The summed E-state index contributed by atoms with van der Waals surface area (Å²) in [5.41, 5.74) is 0.866. The maximum Gasteiger partial charge on any atom is 0.307 e. The molecular formula is C11H13Cl2NO2. The highest BCUT2D eigenvalue weighted by Gasteiger charge is 2.15. The maximum atomic E-state index is 11.2. The van der Waals surface area contributed by atoms with Gasteiger partial charge in [0.2, 0.25) is 0 Å². The van der Waals surface area contributed by atoms with E-state index >= 15 is 0 Å². The number of carbonyl (C=O) groups excluding carboxylic acids is 1. The number of ether oxygens (including phenoxy) is 1. The Balaban J connectivity index is 2.90. The highest BCUT2D eigenvalue weighted by Crippen LogP contribution is 2.25. The largest absolute Gasteiger partial charge is 0.469 e. The fourth-order valence-electron chi connectivity index (χ4n) is 1.41. The first-order valence-corrected chi connectivity index (χ1v) is 5.52. The third-order valence-electron chi connectivity index (χ3n) is 2.23. The molecule has 1 N–H and O–H groups in total. The Hall–Kier alpha value is -0.770. The first kappa shape index (κ1) is 13.3. The van der Waals surface area contributed by atoms with Gasteiger partial charge in [-0.05, 0) is 30.8 Å². The molecule has 1 rings (SSSR count). The lowest BCUT2D eigenvalue weighted by atomic mass is 10.0. The first-order valence-electron chi connectivity index (χ1n) is 4.77. The lowest BCUT2D eigenvalue weighted by molar-refractivity contribution is -0.141. The van der Waals surface area contributed by atoms with Gasteiger partial charge >= 0.3 is 5.97 Å². The third kappa shape index (κ3) is 3.67. The summed E-state index contributed by atoms with van der Waals surface area (Å²) in [7, 11) is 3.13. The lowest BCUT2D eigenvalue weighted by Gasteiger charge is -2.15. The summed E-state index contributed by atoms with van der Waals surface area (Å²) < 4.78 is 4.62. The van der Waals surface area contributed by atoms with Gasteiger partial charge in [0.15, 0.2) is 0 Å². The Bertz CT molecular complexity index is 362. The van der Waals surface area contributed by atoms with E-state index in [0.29, 0.717) is 10.0 Å². The molecule has 0 fully saturated rings. The van der Waals surface area contributed by atoms with Gasteiger partial charge in [0.05, 0.1) is 13.5 Å². The van der Waals surface area contributed by atoms with Crippen molar-refractivity contribution in [2.45, 2.75) is 12.5 Å². The Kier molecular flexibility index (Phi) is 5.06.